The van der Waals surface area contributed by atoms with Gasteiger partial charge in [0.15, 0.2) is 0 Å². The van der Waals surface area contributed by atoms with Gasteiger partial charge < -0.3 is 0 Å². The summed E-state index contributed by atoms with van der Waals surface area (Å²) in [5, 5.41) is 6.19. The Morgan fingerprint density at radius 3 is 2.64 bits per heavy atom. The molecule has 3 heteroatoms. The van der Waals surface area contributed by atoms with Crippen molar-refractivity contribution in [2.24, 2.45) is 0 Å². The van der Waals surface area contributed by atoms with Gasteiger partial charge in [-0.25, -0.2) is 0 Å². The van der Waals surface area contributed by atoms with E-state index >= 15 is 0 Å². The van der Waals surface area contributed by atoms with E-state index in [2.05, 4.69) is 24.2 Å². The molecule has 1 aromatic carbocycles. The van der Waals surface area contributed by atoms with Gasteiger partial charge in [-0.3, -0.25) is 5.01 Å². The Morgan fingerprint density at radius 1 is 1.21 bits per heavy atom. The van der Waals surface area contributed by atoms with Gasteiger partial charge in [0, 0.05) is 13.2 Å². The van der Waals surface area contributed by atoms with E-state index in [9.17, 15) is 0 Å². The van der Waals surface area contributed by atoms with Crippen LogP contribution in [0.4, 0.5) is 5.69 Å². The zero-order chi connectivity index (χ0) is 9.97. The normalized spacial score (nSPS) is 10.1. The van der Waals surface area contributed by atoms with Crippen LogP contribution >= 0.6 is 0 Å². The minimum absolute atomic E-state index is 1.16. The fourth-order valence-electron chi connectivity index (χ4n) is 1.48. The first kappa shape index (κ1) is 8.81. The van der Waals surface area contributed by atoms with Gasteiger partial charge in [0.25, 0.3) is 0 Å². The van der Waals surface area contributed by atoms with E-state index < -0.39 is 0 Å². The van der Waals surface area contributed by atoms with Crippen LogP contribution in [0.3, 0.4) is 0 Å². The molecule has 0 bridgehead atoms. The predicted octanol–water partition coefficient (Wildman–Crippen LogP) is 2.09. The Bertz CT molecular complexity index is 406. The van der Waals surface area contributed by atoms with Crippen molar-refractivity contribution < 1.29 is 0 Å². The van der Waals surface area contributed by atoms with Crippen molar-refractivity contribution in [2.75, 3.05) is 12.1 Å². The lowest BCUT2D eigenvalue weighted by molar-refractivity contribution is 0.669. The van der Waals surface area contributed by atoms with E-state index in [0.29, 0.717) is 0 Å². The molecule has 0 aliphatic rings. The second kappa shape index (κ2) is 3.54. The minimum Gasteiger partial charge on any atom is -0.268 e. The summed E-state index contributed by atoms with van der Waals surface area (Å²) >= 11 is 0. The van der Waals surface area contributed by atoms with Crippen LogP contribution in [0.2, 0.25) is 0 Å². The summed E-state index contributed by atoms with van der Waals surface area (Å²) in [4.78, 5) is 1.81. The van der Waals surface area contributed by atoms with Gasteiger partial charge >= 0.3 is 0 Å². The molecule has 0 unspecified atom stereocenters. The highest BCUT2D eigenvalue weighted by Gasteiger charge is 2.04. The van der Waals surface area contributed by atoms with Gasteiger partial charge in [-0.15, -0.1) is 0 Å². The average molecular weight is 187 g/mol. The summed E-state index contributed by atoms with van der Waals surface area (Å²) in [6, 6.07) is 10.2. The summed E-state index contributed by atoms with van der Waals surface area (Å²) < 4.78 is 0. The molecule has 72 valence electrons. The molecule has 14 heavy (non-hydrogen) atoms. The first-order valence-electron chi connectivity index (χ1n) is 4.58. The number of anilines is 1. The van der Waals surface area contributed by atoms with Gasteiger partial charge in [0.05, 0.1) is 11.9 Å². The largest absolute Gasteiger partial charge is 0.268 e. The smallest absolute Gasteiger partial charge is 0.0619 e. The van der Waals surface area contributed by atoms with Crippen molar-refractivity contribution in [2.45, 2.75) is 6.92 Å². The molecule has 1 aromatic heterocycles. The maximum atomic E-state index is 4.18. The van der Waals surface area contributed by atoms with E-state index in [1.165, 1.54) is 5.56 Å². The number of nitrogens with zero attached hydrogens (tertiary/aromatic N) is 3. The summed E-state index contributed by atoms with van der Waals surface area (Å²) in [7, 11) is 2.00. The third-order valence-corrected chi connectivity index (χ3v) is 2.26. The molecule has 0 N–H and O–H groups in total. The topological polar surface area (TPSA) is 21.1 Å². The van der Waals surface area contributed by atoms with Crippen molar-refractivity contribution in [1.82, 2.24) is 9.89 Å². The molecule has 0 spiro atoms. The molecular weight excluding hydrogens is 174 g/mol. The number of aromatic nitrogens is 2. The van der Waals surface area contributed by atoms with E-state index in [0.717, 1.165) is 5.69 Å². The Labute approximate surface area is 83.6 Å². The first-order chi connectivity index (χ1) is 6.79. The minimum atomic E-state index is 1.16. The number of hydrogen-bond donors (Lipinski definition) is 0. The molecule has 0 saturated heterocycles. The van der Waals surface area contributed by atoms with Gasteiger partial charge in [0.1, 0.15) is 0 Å². The van der Waals surface area contributed by atoms with Crippen molar-refractivity contribution in [3.63, 3.8) is 0 Å². The molecule has 1 heterocycles. The second-order valence-corrected chi connectivity index (χ2v) is 3.24. The fourth-order valence-corrected chi connectivity index (χ4v) is 1.48. The third kappa shape index (κ3) is 1.48. The number of hydrogen-bond acceptors (Lipinski definition) is 2. The van der Waals surface area contributed by atoms with Crippen LogP contribution in [-0.4, -0.2) is 16.9 Å². The molecular formula is C11H13N3. The molecule has 0 amide bonds. The van der Waals surface area contributed by atoms with Gasteiger partial charge in [-0.2, -0.15) is 9.89 Å². The summed E-state index contributed by atoms with van der Waals surface area (Å²) in [5.74, 6) is 0. The van der Waals surface area contributed by atoms with Crippen LogP contribution in [-0.2, 0) is 0 Å². The van der Waals surface area contributed by atoms with Crippen LogP contribution < -0.4 is 5.01 Å². The predicted molar refractivity (Wildman–Crippen MR) is 57.2 cm³/mol. The number of para-hydroxylation sites is 1. The van der Waals surface area contributed by atoms with Gasteiger partial charge in [0.2, 0.25) is 0 Å². The molecule has 3 nitrogen and oxygen atoms in total. The van der Waals surface area contributed by atoms with Crippen molar-refractivity contribution in [1.29, 1.82) is 0 Å². The Kier molecular flexibility index (Phi) is 2.23. The van der Waals surface area contributed by atoms with Crippen molar-refractivity contribution in [3.8, 4) is 0 Å². The molecule has 0 radical (unpaired) electrons. The standard InChI is InChI=1S/C11H13N3/c1-10-6-3-4-7-11(10)13(2)14-9-5-8-12-14/h3-9H,1-2H3. The highest BCUT2D eigenvalue weighted by molar-refractivity contribution is 5.51. The number of aryl methyl sites for hydroxylation is 1. The van der Waals surface area contributed by atoms with Crippen LogP contribution in [0.15, 0.2) is 42.7 Å². The summed E-state index contributed by atoms with van der Waals surface area (Å²) in [6.45, 7) is 2.09. The zero-order valence-corrected chi connectivity index (χ0v) is 8.38. The summed E-state index contributed by atoms with van der Waals surface area (Å²) in [6.07, 6.45) is 3.70. The molecule has 0 aliphatic heterocycles. The third-order valence-electron chi connectivity index (χ3n) is 2.26. The SMILES string of the molecule is Cc1ccccc1N(C)n1cccn1. The fraction of sp³-hybridized carbons (Fsp3) is 0.182. The highest BCUT2D eigenvalue weighted by Crippen LogP contribution is 2.17. The van der Waals surface area contributed by atoms with E-state index in [4.69, 9.17) is 0 Å². The van der Waals surface area contributed by atoms with Crippen LogP contribution in [0.5, 0.6) is 0 Å². The highest BCUT2D eigenvalue weighted by atomic mass is 15.6. The second-order valence-electron chi connectivity index (χ2n) is 3.24. The van der Waals surface area contributed by atoms with Crippen molar-refractivity contribution in [3.05, 3.63) is 48.3 Å². The molecule has 2 rings (SSSR count). The molecule has 0 aliphatic carbocycles. The Hall–Kier alpha value is -1.77. The maximum Gasteiger partial charge on any atom is 0.0619 e. The molecule has 0 atom stereocenters. The van der Waals surface area contributed by atoms with E-state index in [1.54, 1.807) is 6.20 Å². The average Bonchev–Trinajstić information content (AvgIpc) is 2.70. The lowest BCUT2D eigenvalue weighted by Crippen LogP contribution is -2.25. The number of rotatable bonds is 2. The maximum absolute atomic E-state index is 4.18. The Balaban J connectivity index is 2.37. The van der Waals surface area contributed by atoms with E-state index in [-0.39, 0.29) is 0 Å². The van der Waals surface area contributed by atoms with Gasteiger partial charge in [-0.05, 0) is 24.6 Å². The van der Waals surface area contributed by atoms with Gasteiger partial charge in [-0.1, -0.05) is 18.2 Å². The summed E-state index contributed by atoms with van der Waals surface area (Å²) in [5.41, 5.74) is 2.40. The first-order valence-corrected chi connectivity index (χ1v) is 4.58. The van der Waals surface area contributed by atoms with Crippen molar-refractivity contribution >= 4 is 5.69 Å². The quantitative estimate of drug-likeness (QED) is 0.717. The lowest BCUT2D eigenvalue weighted by atomic mass is 10.2. The van der Waals surface area contributed by atoms with Crippen LogP contribution in [0.1, 0.15) is 5.56 Å². The zero-order valence-electron chi connectivity index (χ0n) is 8.38. The molecule has 0 saturated carbocycles. The van der Waals surface area contributed by atoms with Crippen LogP contribution in [0.25, 0.3) is 0 Å². The van der Waals surface area contributed by atoms with E-state index in [1.807, 2.05) is 41.2 Å². The molecule has 2 aromatic rings. The monoisotopic (exact) mass is 187 g/mol. The number of benzene rings is 1. The lowest BCUT2D eigenvalue weighted by Gasteiger charge is -2.20. The molecule has 0 fully saturated rings. The van der Waals surface area contributed by atoms with Crippen LogP contribution in [0, 0.1) is 6.92 Å². The Morgan fingerprint density at radius 2 is 2.00 bits per heavy atom.